The fourth-order valence-electron chi connectivity index (χ4n) is 2.31. The number of halogens is 1. The molecule has 0 heterocycles. The topological polar surface area (TPSA) is 38.8 Å². The van der Waals surface area contributed by atoms with Crippen LogP contribution in [-0.2, 0) is 11.3 Å². The molecule has 1 atom stereocenters. The molecule has 0 saturated heterocycles. The van der Waals surface area contributed by atoms with Crippen LogP contribution in [0.3, 0.4) is 0 Å². The average molecular weight is 331 g/mol. The maximum absolute atomic E-state index is 12.9. The molecule has 0 fully saturated rings. The van der Waals surface area contributed by atoms with Crippen LogP contribution in [0, 0.1) is 5.82 Å². The van der Waals surface area contributed by atoms with Gasteiger partial charge in [0, 0.05) is 13.6 Å². The Bertz CT molecular complexity index is 655. The van der Waals surface area contributed by atoms with E-state index in [4.69, 9.17) is 9.47 Å². The van der Waals surface area contributed by atoms with Gasteiger partial charge < -0.3 is 14.4 Å². The SMILES string of the molecule is CCC(Oc1ccc(F)cc1)C(=O)N(C)Cc1ccc(OC)cc1. The summed E-state index contributed by atoms with van der Waals surface area (Å²) in [5, 5.41) is 0. The molecule has 1 unspecified atom stereocenters. The molecule has 0 aliphatic heterocycles. The Kier molecular flexibility index (Phi) is 6.18. The van der Waals surface area contributed by atoms with Crippen molar-refractivity contribution in [2.45, 2.75) is 26.0 Å². The molecule has 1 amide bonds. The summed E-state index contributed by atoms with van der Waals surface area (Å²) in [5.41, 5.74) is 1.00. The van der Waals surface area contributed by atoms with E-state index < -0.39 is 6.10 Å². The zero-order valence-electron chi connectivity index (χ0n) is 14.2. The fraction of sp³-hybridized carbons (Fsp3) is 0.316. The molecule has 0 bridgehead atoms. The summed E-state index contributed by atoms with van der Waals surface area (Å²) in [6.45, 7) is 2.36. The molecule has 24 heavy (non-hydrogen) atoms. The van der Waals surface area contributed by atoms with Crippen molar-refractivity contribution in [3.8, 4) is 11.5 Å². The van der Waals surface area contributed by atoms with Crippen molar-refractivity contribution in [1.82, 2.24) is 4.90 Å². The van der Waals surface area contributed by atoms with Crippen LogP contribution < -0.4 is 9.47 Å². The number of hydrogen-bond donors (Lipinski definition) is 0. The summed E-state index contributed by atoms with van der Waals surface area (Å²) >= 11 is 0. The number of amides is 1. The van der Waals surface area contributed by atoms with Gasteiger partial charge in [-0.1, -0.05) is 19.1 Å². The highest BCUT2D eigenvalue weighted by Crippen LogP contribution is 2.17. The van der Waals surface area contributed by atoms with Gasteiger partial charge in [0.1, 0.15) is 17.3 Å². The molecule has 0 spiro atoms. The largest absolute Gasteiger partial charge is 0.497 e. The molecule has 0 aromatic heterocycles. The maximum atomic E-state index is 12.9. The molecule has 4 nitrogen and oxygen atoms in total. The maximum Gasteiger partial charge on any atom is 0.263 e. The van der Waals surface area contributed by atoms with E-state index in [9.17, 15) is 9.18 Å². The monoisotopic (exact) mass is 331 g/mol. The van der Waals surface area contributed by atoms with Crippen LogP contribution in [0.15, 0.2) is 48.5 Å². The first-order valence-corrected chi connectivity index (χ1v) is 7.83. The van der Waals surface area contributed by atoms with Gasteiger partial charge in [-0.2, -0.15) is 0 Å². The van der Waals surface area contributed by atoms with Crippen LogP contribution in [-0.4, -0.2) is 31.1 Å². The van der Waals surface area contributed by atoms with E-state index in [-0.39, 0.29) is 11.7 Å². The standard InChI is InChI=1S/C19H22FNO3/c1-4-18(24-17-11-7-15(20)8-12-17)19(22)21(2)13-14-5-9-16(23-3)10-6-14/h5-12,18H,4,13H2,1-3H3. The second-order valence-corrected chi connectivity index (χ2v) is 5.51. The molecule has 0 radical (unpaired) electrons. The molecular formula is C19H22FNO3. The Labute approximate surface area is 141 Å². The predicted molar refractivity (Wildman–Crippen MR) is 90.6 cm³/mol. The van der Waals surface area contributed by atoms with Gasteiger partial charge in [-0.3, -0.25) is 4.79 Å². The molecule has 2 rings (SSSR count). The number of likely N-dealkylation sites (N-methyl/N-ethyl adjacent to an activating group) is 1. The first-order chi connectivity index (χ1) is 11.5. The van der Waals surface area contributed by atoms with Gasteiger partial charge in [-0.15, -0.1) is 0 Å². The average Bonchev–Trinajstić information content (AvgIpc) is 2.61. The normalized spacial score (nSPS) is 11.7. The highest BCUT2D eigenvalue weighted by atomic mass is 19.1. The summed E-state index contributed by atoms with van der Waals surface area (Å²) in [6.07, 6.45) is -0.0675. The van der Waals surface area contributed by atoms with Crippen LogP contribution in [0.2, 0.25) is 0 Å². The van der Waals surface area contributed by atoms with Crippen LogP contribution in [0.4, 0.5) is 4.39 Å². The zero-order valence-corrected chi connectivity index (χ0v) is 14.2. The number of hydrogen-bond acceptors (Lipinski definition) is 3. The van der Waals surface area contributed by atoms with E-state index >= 15 is 0 Å². The molecule has 0 aliphatic rings. The fourth-order valence-corrected chi connectivity index (χ4v) is 2.31. The van der Waals surface area contributed by atoms with Crippen molar-refractivity contribution in [1.29, 1.82) is 0 Å². The lowest BCUT2D eigenvalue weighted by Crippen LogP contribution is -2.39. The number of nitrogens with zero attached hydrogens (tertiary/aromatic N) is 1. The number of carbonyl (C=O) groups is 1. The van der Waals surface area contributed by atoms with Crippen molar-refractivity contribution in [3.63, 3.8) is 0 Å². The predicted octanol–water partition coefficient (Wildman–Crippen LogP) is 3.65. The van der Waals surface area contributed by atoms with Crippen molar-refractivity contribution in [2.75, 3.05) is 14.2 Å². The number of carbonyl (C=O) groups excluding carboxylic acids is 1. The minimum absolute atomic E-state index is 0.113. The van der Waals surface area contributed by atoms with Crippen LogP contribution >= 0.6 is 0 Å². The Hall–Kier alpha value is -2.56. The van der Waals surface area contributed by atoms with Gasteiger partial charge in [-0.25, -0.2) is 4.39 Å². The van der Waals surface area contributed by atoms with Gasteiger partial charge in [0.15, 0.2) is 6.10 Å². The minimum atomic E-state index is -0.598. The van der Waals surface area contributed by atoms with Crippen molar-refractivity contribution in [2.24, 2.45) is 0 Å². The summed E-state index contributed by atoms with van der Waals surface area (Å²) in [4.78, 5) is 14.2. The molecule has 128 valence electrons. The van der Waals surface area contributed by atoms with E-state index in [0.717, 1.165) is 11.3 Å². The molecule has 5 heteroatoms. The Morgan fingerprint density at radius 1 is 1.08 bits per heavy atom. The Morgan fingerprint density at radius 3 is 2.21 bits per heavy atom. The Balaban J connectivity index is 1.99. The van der Waals surface area contributed by atoms with Gasteiger partial charge in [-0.05, 0) is 48.4 Å². The third-order valence-corrected chi connectivity index (χ3v) is 3.69. The second kappa shape index (κ2) is 8.34. The van der Waals surface area contributed by atoms with Crippen molar-refractivity contribution in [3.05, 3.63) is 59.9 Å². The minimum Gasteiger partial charge on any atom is -0.497 e. The van der Waals surface area contributed by atoms with E-state index in [1.165, 1.54) is 24.3 Å². The first-order valence-electron chi connectivity index (χ1n) is 7.83. The number of rotatable bonds is 7. The summed E-state index contributed by atoms with van der Waals surface area (Å²) in [7, 11) is 3.35. The lowest BCUT2D eigenvalue weighted by atomic mass is 10.2. The number of ether oxygens (including phenoxy) is 2. The third-order valence-electron chi connectivity index (χ3n) is 3.69. The lowest BCUT2D eigenvalue weighted by molar-refractivity contribution is -0.138. The van der Waals surface area contributed by atoms with Crippen LogP contribution in [0.1, 0.15) is 18.9 Å². The summed E-state index contributed by atoms with van der Waals surface area (Å²) in [6, 6.07) is 13.2. The lowest BCUT2D eigenvalue weighted by Gasteiger charge is -2.24. The van der Waals surface area contributed by atoms with E-state index in [2.05, 4.69) is 0 Å². The summed E-state index contributed by atoms with van der Waals surface area (Å²) < 4.78 is 23.8. The van der Waals surface area contributed by atoms with Gasteiger partial charge in [0.2, 0.25) is 0 Å². The van der Waals surface area contributed by atoms with Crippen LogP contribution in [0.25, 0.3) is 0 Å². The van der Waals surface area contributed by atoms with Crippen LogP contribution in [0.5, 0.6) is 11.5 Å². The van der Waals surface area contributed by atoms with E-state index in [1.807, 2.05) is 31.2 Å². The highest BCUT2D eigenvalue weighted by molar-refractivity contribution is 5.81. The molecular weight excluding hydrogens is 309 g/mol. The molecule has 0 saturated carbocycles. The number of benzene rings is 2. The van der Waals surface area contributed by atoms with E-state index in [0.29, 0.717) is 18.7 Å². The zero-order chi connectivity index (χ0) is 17.5. The third kappa shape index (κ3) is 4.72. The highest BCUT2D eigenvalue weighted by Gasteiger charge is 2.22. The number of methoxy groups -OCH3 is 1. The molecule has 0 aliphatic carbocycles. The van der Waals surface area contributed by atoms with Gasteiger partial charge in [0.05, 0.1) is 7.11 Å². The molecule has 0 N–H and O–H groups in total. The first kappa shape index (κ1) is 17.8. The van der Waals surface area contributed by atoms with Gasteiger partial charge in [0.25, 0.3) is 5.91 Å². The second-order valence-electron chi connectivity index (χ2n) is 5.51. The van der Waals surface area contributed by atoms with Gasteiger partial charge >= 0.3 is 0 Å². The quantitative estimate of drug-likeness (QED) is 0.777. The van der Waals surface area contributed by atoms with E-state index in [1.54, 1.807) is 19.1 Å². The molecule has 2 aromatic carbocycles. The van der Waals surface area contributed by atoms with Crippen molar-refractivity contribution >= 4 is 5.91 Å². The van der Waals surface area contributed by atoms with Crippen molar-refractivity contribution < 1.29 is 18.7 Å². The Morgan fingerprint density at radius 2 is 1.67 bits per heavy atom. The summed E-state index contributed by atoms with van der Waals surface area (Å²) in [5.74, 6) is 0.809. The smallest absolute Gasteiger partial charge is 0.263 e. The molecule has 2 aromatic rings.